The first-order chi connectivity index (χ1) is 13.4. The second-order valence-electron chi connectivity index (χ2n) is 7.15. The van der Waals surface area contributed by atoms with Gasteiger partial charge in [-0.15, -0.1) is 0 Å². The van der Waals surface area contributed by atoms with E-state index in [1.165, 1.54) is 12.1 Å². The summed E-state index contributed by atoms with van der Waals surface area (Å²) in [5, 5.41) is 9.21. The fraction of sp³-hybridized carbons (Fsp3) is 0.364. The topological polar surface area (TPSA) is 44.1 Å². The smallest absolute Gasteiger partial charge is 0.338 e. The number of hydrogen-bond donors (Lipinski definition) is 0. The first kappa shape index (κ1) is 19.9. The summed E-state index contributed by atoms with van der Waals surface area (Å²) in [6.07, 6.45) is -1.26. The highest BCUT2D eigenvalue weighted by Gasteiger charge is 2.30. The molecule has 1 aliphatic heterocycles. The molecule has 2 aromatic rings. The van der Waals surface area contributed by atoms with Crippen molar-refractivity contribution in [2.24, 2.45) is 5.92 Å². The number of alkyl halides is 3. The van der Waals surface area contributed by atoms with Crippen molar-refractivity contribution < 1.29 is 18.0 Å². The Bertz CT molecular complexity index is 886. The molecule has 0 unspecified atom stereocenters. The molecule has 0 saturated carbocycles. The van der Waals surface area contributed by atoms with Crippen molar-refractivity contribution in [3.8, 4) is 6.07 Å². The quantitative estimate of drug-likeness (QED) is 0.737. The van der Waals surface area contributed by atoms with Crippen LogP contribution in [-0.4, -0.2) is 23.9 Å². The number of benzene rings is 2. The number of amides is 1. The molecule has 2 aromatic carbocycles. The van der Waals surface area contributed by atoms with Crippen LogP contribution in [0.25, 0.3) is 0 Å². The minimum atomic E-state index is -4.34. The molecule has 0 N–H and O–H groups in total. The normalized spacial score (nSPS) is 17.2. The van der Waals surface area contributed by atoms with Crippen molar-refractivity contribution in [2.45, 2.75) is 31.9 Å². The molecule has 28 heavy (non-hydrogen) atoms. The fourth-order valence-electron chi connectivity index (χ4n) is 3.70. The van der Waals surface area contributed by atoms with Gasteiger partial charge in [0.2, 0.25) is 0 Å². The summed E-state index contributed by atoms with van der Waals surface area (Å²) in [5.41, 5.74) is 0.800. The summed E-state index contributed by atoms with van der Waals surface area (Å²) in [7, 11) is 0. The summed E-state index contributed by atoms with van der Waals surface area (Å²) in [6, 6.07) is 14.2. The predicted octanol–water partition coefficient (Wildman–Crippen LogP) is 5.06. The monoisotopic (exact) mass is 386 g/mol. The van der Waals surface area contributed by atoms with Gasteiger partial charge < -0.3 is 4.90 Å². The molecular formula is C22H21F3N2O. The van der Waals surface area contributed by atoms with E-state index in [0.717, 1.165) is 25.3 Å². The van der Waals surface area contributed by atoms with Gasteiger partial charge in [0.1, 0.15) is 0 Å². The molecule has 1 fully saturated rings. The highest BCUT2D eigenvalue weighted by atomic mass is 19.4. The highest BCUT2D eigenvalue weighted by molar-refractivity contribution is 5.96. The summed E-state index contributed by atoms with van der Waals surface area (Å²) in [5.74, 6) is 0.0856. The van der Waals surface area contributed by atoms with Crippen LogP contribution >= 0.6 is 0 Å². The second-order valence-corrected chi connectivity index (χ2v) is 7.15. The number of carbonyl (C=O) groups excluding carboxylic acids is 1. The number of hydrogen-bond acceptors (Lipinski definition) is 2. The number of rotatable bonds is 4. The summed E-state index contributed by atoms with van der Waals surface area (Å²) < 4.78 is 38.6. The van der Waals surface area contributed by atoms with Crippen LogP contribution in [0, 0.1) is 17.2 Å². The lowest BCUT2D eigenvalue weighted by Gasteiger charge is -2.33. The van der Waals surface area contributed by atoms with E-state index in [4.69, 9.17) is 0 Å². The number of carbonyl (C=O) groups is 1. The molecule has 0 spiro atoms. The van der Waals surface area contributed by atoms with Crippen LogP contribution in [0.2, 0.25) is 0 Å². The lowest BCUT2D eigenvalue weighted by molar-refractivity contribution is -0.137. The van der Waals surface area contributed by atoms with Crippen LogP contribution in [0.4, 0.5) is 13.2 Å². The van der Waals surface area contributed by atoms with Crippen LogP contribution in [0.1, 0.15) is 46.3 Å². The van der Waals surface area contributed by atoms with Crippen molar-refractivity contribution in [1.29, 1.82) is 5.26 Å². The zero-order valence-electron chi connectivity index (χ0n) is 15.4. The van der Waals surface area contributed by atoms with E-state index in [1.807, 2.05) is 0 Å². The molecule has 1 amide bonds. The van der Waals surface area contributed by atoms with Gasteiger partial charge in [0, 0.05) is 13.1 Å². The molecule has 0 aliphatic carbocycles. The van der Waals surface area contributed by atoms with Gasteiger partial charge in [-0.05, 0) is 55.4 Å². The molecule has 0 aromatic heterocycles. The lowest BCUT2D eigenvalue weighted by atomic mass is 9.91. The third kappa shape index (κ3) is 4.72. The largest absolute Gasteiger partial charge is 0.416 e. The standard InChI is InChI=1S/C22H21F3N2O/c23-22(24,25)19-8-3-5-16(13-19)10-11-17-6-4-12-27(15-17)21(28)20-9-2-1-7-18(20)14-26/h1-3,5,7-9,13,17H,4,6,10-12,15H2/t17-/m1/s1. The van der Waals surface area contributed by atoms with Crippen molar-refractivity contribution in [3.05, 3.63) is 70.8 Å². The number of piperidine rings is 1. The predicted molar refractivity (Wildman–Crippen MR) is 99.5 cm³/mol. The SMILES string of the molecule is N#Cc1ccccc1C(=O)N1CCC[C@H](CCc2cccc(C(F)(F)F)c2)C1. The lowest BCUT2D eigenvalue weighted by Crippen LogP contribution is -2.40. The Labute approximate surface area is 162 Å². The Morgan fingerprint density at radius 1 is 1.18 bits per heavy atom. The first-order valence-corrected chi connectivity index (χ1v) is 9.33. The third-order valence-corrected chi connectivity index (χ3v) is 5.18. The van der Waals surface area contributed by atoms with E-state index < -0.39 is 11.7 Å². The Balaban J connectivity index is 1.63. The van der Waals surface area contributed by atoms with E-state index in [2.05, 4.69) is 6.07 Å². The van der Waals surface area contributed by atoms with Gasteiger partial charge in [-0.1, -0.05) is 30.3 Å². The average molecular weight is 386 g/mol. The molecule has 1 heterocycles. The minimum absolute atomic E-state index is 0.152. The Morgan fingerprint density at radius 3 is 2.71 bits per heavy atom. The van der Waals surface area contributed by atoms with Gasteiger partial charge in [0.15, 0.2) is 0 Å². The number of likely N-dealkylation sites (tertiary alicyclic amines) is 1. The Morgan fingerprint density at radius 2 is 1.96 bits per heavy atom. The van der Waals surface area contributed by atoms with Gasteiger partial charge in [0.25, 0.3) is 5.91 Å². The van der Waals surface area contributed by atoms with E-state index in [1.54, 1.807) is 35.2 Å². The summed E-state index contributed by atoms with van der Waals surface area (Å²) in [4.78, 5) is 14.6. The molecule has 3 nitrogen and oxygen atoms in total. The van der Waals surface area contributed by atoms with Crippen LogP contribution in [0.5, 0.6) is 0 Å². The van der Waals surface area contributed by atoms with Crippen LogP contribution in [-0.2, 0) is 12.6 Å². The van der Waals surface area contributed by atoms with Crippen LogP contribution < -0.4 is 0 Å². The van der Waals surface area contributed by atoms with E-state index in [-0.39, 0.29) is 11.8 Å². The van der Waals surface area contributed by atoms with Crippen molar-refractivity contribution >= 4 is 5.91 Å². The van der Waals surface area contributed by atoms with Gasteiger partial charge in [-0.2, -0.15) is 18.4 Å². The second kappa shape index (κ2) is 8.47. The molecule has 146 valence electrons. The van der Waals surface area contributed by atoms with E-state index >= 15 is 0 Å². The van der Waals surface area contributed by atoms with Crippen molar-refractivity contribution in [2.75, 3.05) is 13.1 Å². The maximum absolute atomic E-state index is 12.9. The molecular weight excluding hydrogens is 365 g/mol. The first-order valence-electron chi connectivity index (χ1n) is 9.33. The van der Waals surface area contributed by atoms with Gasteiger partial charge in [-0.25, -0.2) is 0 Å². The molecule has 6 heteroatoms. The number of aryl methyl sites for hydroxylation is 1. The molecule has 1 atom stereocenters. The van der Waals surface area contributed by atoms with Crippen LogP contribution in [0.3, 0.4) is 0 Å². The average Bonchev–Trinajstić information content (AvgIpc) is 2.71. The van der Waals surface area contributed by atoms with Gasteiger partial charge >= 0.3 is 6.18 Å². The fourth-order valence-corrected chi connectivity index (χ4v) is 3.70. The van der Waals surface area contributed by atoms with E-state index in [9.17, 15) is 23.2 Å². The van der Waals surface area contributed by atoms with Crippen molar-refractivity contribution in [3.63, 3.8) is 0 Å². The van der Waals surface area contributed by atoms with Crippen molar-refractivity contribution in [1.82, 2.24) is 4.90 Å². The highest BCUT2D eigenvalue weighted by Crippen LogP contribution is 2.30. The maximum atomic E-state index is 12.9. The van der Waals surface area contributed by atoms with Crippen LogP contribution in [0.15, 0.2) is 48.5 Å². The van der Waals surface area contributed by atoms with Gasteiger partial charge in [-0.3, -0.25) is 4.79 Å². The Hall–Kier alpha value is -2.81. The number of halogens is 3. The zero-order chi connectivity index (χ0) is 20.1. The van der Waals surface area contributed by atoms with E-state index in [0.29, 0.717) is 36.2 Å². The zero-order valence-corrected chi connectivity index (χ0v) is 15.4. The molecule has 3 rings (SSSR count). The number of nitriles is 1. The maximum Gasteiger partial charge on any atom is 0.416 e. The molecule has 1 aliphatic rings. The molecule has 1 saturated heterocycles. The Kier molecular flexibility index (Phi) is 6.03. The molecule has 0 radical (unpaired) electrons. The van der Waals surface area contributed by atoms with Gasteiger partial charge in [0.05, 0.1) is 22.8 Å². The number of nitrogens with zero attached hydrogens (tertiary/aromatic N) is 2. The third-order valence-electron chi connectivity index (χ3n) is 5.18. The molecule has 0 bridgehead atoms. The summed E-state index contributed by atoms with van der Waals surface area (Å²) in [6.45, 7) is 1.20. The minimum Gasteiger partial charge on any atom is -0.338 e. The summed E-state index contributed by atoms with van der Waals surface area (Å²) >= 11 is 0.